The number of thiophene rings is 1. The summed E-state index contributed by atoms with van der Waals surface area (Å²) < 4.78 is 0. The third-order valence-electron chi connectivity index (χ3n) is 3.89. The highest BCUT2D eigenvalue weighted by molar-refractivity contribution is 7.12. The summed E-state index contributed by atoms with van der Waals surface area (Å²) in [5.41, 5.74) is 0.937. The third kappa shape index (κ3) is 3.41. The highest BCUT2D eigenvalue weighted by Gasteiger charge is 2.35. The van der Waals surface area contributed by atoms with Gasteiger partial charge in [-0.15, -0.1) is 11.3 Å². The number of aliphatic hydroxyl groups is 1. The summed E-state index contributed by atoms with van der Waals surface area (Å²) in [6, 6.07) is 2.11. The maximum absolute atomic E-state index is 12.4. The van der Waals surface area contributed by atoms with E-state index in [2.05, 4.69) is 31.0 Å². The molecular weight excluding hydrogens is 270 g/mol. The molecule has 1 amide bonds. The highest BCUT2D eigenvalue weighted by atomic mass is 32.1. The predicted octanol–water partition coefficient (Wildman–Crippen LogP) is 2.79. The zero-order valence-electron chi connectivity index (χ0n) is 12.0. The van der Waals surface area contributed by atoms with Crippen molar-refractivity contribution in [1.82, 2.24) is 5.32 Å². The fourth-order valence-electron chi connectivity index (χ4n) is 2.62. The van der Waals surface area contributed by atoms with E-state index in [1.165, 1.54) is 17.8 Å². The van der Waals surface area contributed by atoms with Crippen LogP contribution in [0.15, 0.2) is 11.4 Å². The summed E-state index contributed by atoms with van der Waals surface area (Å²) in [6.07, 6.45) is 3.82. The molecule has 1 heterocycles. The lowest BCUT2D eigenvalue weighted by atomic mass is 9.87. The summed E-state index contributed by atoms with van der Waals surface area (Å²) in [6.45, 7) is 4.47. The topological polar surface area (TPSA) is 49.3 Å². The van der Waals surface area contributed by atoms with Gasteiger partial charge in [0.05, 0.1) is 6.61 Å². The molecule has 2 N–H and O–H groups in total. The van der Waals surface area contributed by atoms with Gasteiger partial charge in [0.2, 0.25) is 0 Å². The molecule has 1 aromatic heterocycles. The molecule has 1 aliphatic rings. The van der Waals surface area contributed by atoms with Crippen LogP contribution in [0.4, 0.5) is 0 Å². The summed E-state index contributed by atoms with van der Waals surface area (Å²) >= 11 is 1.42. The summed E-state index contributed by atoms with van der Waals surface area (Å²) in [5, 5.41) is 13.8. The van der Waals surface area contributed by atoms with E-state index in [1.54, 1.807) is 0 Å². The second kappa shape index (κ2) is 6.43. The van der Waals surface area contributed by atoms with Crippen LogP contribution in [-0.2, 0) is 0 Å². The first-order valence-corrected chi connectivity index (χ1v) is 7.90. The van der Waals surface area contributed by atoms with E-state index in [4.69, 9.17) is 5.11 Å². The van der Waals surface area contributed by atoms with Crippen LogP contribution < -0.4 is 5.32 Å². The minimum atomic E-state index is -0.0201. The van der Waals surface area contributed by atoms with Crippen LogP contribution in [0, 0.1) is 17.3 Å². The Morgan fingerprint density at radius 1 is 1.60 bits per heavy atom. The first-order valence-electron chi connectivity index (χ1n) is 7.02. The summed E-state index contributed by atoms with van der Waals surface area (Å²) in [7, 11) is 0. The molecular formula is C16H21NO2S. The first-order chi connectivity index (χ1) is 9.54. The maximum atomic E-state index is 12.4. The number of nitrogens with one attached hydrogen (secondary N) is 1. The molecule has 0 spiro atoms. The Labute approximate surface area is 124 Å². The summed E-state index contributed by atoms with van der Waals surface area (Å²) in [5.74, 6) is 5.81. The average molecular weight is 291 g/mol. The van der Waals surface area contributed by atoms with Gasteiger partial charge >= 0.3 is 0 Å². The van der Waals surface area contributed by atoms with Crippen LogP contribution in [0.2, 0.25) is 0 Å². The minimum absolute atomic E-state index is 0.0201. The molecule has 2 rings (SSSR count). The van der Waals surface area contributed by atoms with E-state index < -0.39 is 0 Å². The van der Waals surface area contributed by atoms with E-state index in [0.717, 1.165) is 18.4 Å². The van der Waals surface area contributed by atoms with Crippen molar-refractivity contribution in [3.8, 4) is 11.8 Å². The molecule has 0 saturated heterocycles. The van der Waals surface area contributed by atoms with Gasteiger partial charge < -0.3 is 10.4 Å². The third-order valence-corrected chi connectivity index (χ3v) is 4.81. The van der Waals surface area contributed by atoms with Gasteiger partial charge in [-0.1, -0.05) is 32.1 Å². The Morgan fingerprint density at radius 3 is 3.05 bits per heavy atom. The number of hydrogen-bond donors (Lipinski definition) is 2. The van der Waals surface area contributed by atoms with Crippen LogP contribution in [0.1, 0.15) is 54.8 Å². The van der Waals surface area contributed by atoms with Crippen molar-refractivity contribution in [1.29, 1.82) is 0 Å². The van der Waals surface area contributed by atoms with Crippen LogP contribution in [-0.4, -0.2) is 23.7 Å². The van der Waals surface area contributed by atoms with Crippen LogP contribution >= 0.6 is 11.3 Å². The molecule has 3 nitrogen and oxygen atoms in total. The van der Waals surface area contributed by atoms with Gasteiger partial charge in [0.25, 0.3) is 5.91 Å². The Morgan fingerprint density at radius 2 is 2.40 bits per heavy atom. The maximum Gasteiger partial charge on any atom is 0.262 e. The number of aliphatic hydroxyl groups excluding tert-OH is 1. The number of rotatable bonds is 3. The Hall–Kier alpha value is -1.31. The molecule has 1 atom stereocenters. The van der Waals surface area contributed by atoms with Gasteiger partial charge in [-0.05, 0) is 29.7 Å². The van der Waals surface area contributed by atoms with Crippen molar-refractivity contribution in [2.24, 2.45) is 5.41 Å². The van der Waals surface area contributed by atoms with E-state index >= 15 is 0 Å². The molecule has 1 unspecified atom stereocenters. The van der Waals surface area contributed by atoms with Crippen LogP contribution in [0.25, 0.3) is 0 Å². The van der Waals surface area contributed by atoms with E-state index in [-0.39, 0.29) is 24.0 Å². The van der Waals surface area contributed by atoms with Crippen molar-refractivity contribution in [2.45, 2.75) is 45.6 Å². The molecule has 108 valence electrons. The van der Waals surface area contributed by atoms with Crippen molar-refractivity contribution >= 4 is 17.2 Å². The van der Waals surface area contributed by atoms with Gasteiger partial charge in [-0.2, -0.15) is 0 Å². The molecule has 1 aliphatic carbocycles. The second-order valence-corrected chi connectivity index (χ2v) is 6.76. The van der Waals surface area contributed by atoms with E-state index in [1.807, 2.05) is 11.4 Å². The SMILES string of the molecule is CC1(C)CCCC1NC(=O)c1sccc1C#CCCO. The molecule has 1 saturated carbocycles. The molecule has 0 aliphatic heterocycles. The van der Waals surface area contributed by atoms with E-state index in [0.29, 0.717) is 11.3 Å². The molecule has 1 aromatic rings. The molecule has 4 heteroatoms. The van der Waals surface area contributed by atoms with Crippen molar-refractivity contribution in [2.75, 3.05) is 6.61 Å². The normalized spacial score (nSPS) is 20.2. The predicted molar refractivity (Wildman–Crippen MR) is 81.8 cm³/mol. The molecule has 0 bridgehead atoms. The van der Waals surface area contributed by atoms with Crippen LogP contribution in [0.3, 0.4) is 0 Å². The molecule has 0 radical (unpaired) electrons. The van der Waals surface area contributed by atoms with Crippen molar-refractivity contribution in [3.05, 3.63) is 21.9 Å². The van der Waals surface area contributed by atoms with Crippen LogP contribution in [0.5, 0.6) is 0 Å². The number of carbonyl (C=O) groups excluding carboxylic acids is 1. The summed E-state index contributed by atoms with van der Waals surface area (Å²) in [4.78, 5) is 13.1. The van der Waals surface area contributed by atoms with Crippen molar-refractivity contribution in [3.63, 3.8) is 0 Å². The lowest BCUT2D eigenvalue weighted by Crippen LogP contribution is -2.41. The molecule has 0 aromatic carbocycles. The smallest absolute Gasteiger partial charge is 0.262 e. The molecule has 1 fully saturated rings. The fourth-order valence-corrected chi connectivity index (χ4v) is 3.37. The highest BCUT2D eigenvalue weighted by Crippen LogP contribution is 2.37. The second-order valence-electron chi connectivity index (χ2n) is 5.85. The van der Waals surface area contributed by atoms with Gasteiger partial charge in [-0.3, -0.25) is 4.79 Å². The Kier molecular flexibility index (Phi) is 4.85. The molecule has 20 heavy (non-hydrogen) atoms. The van der Waals surface area contributed by atoms with Gasteiger partial charge in [0.15, 0.2) is 0 Å². The Balaban J connectivity index is 2.07. The number of hydrogen-bond acceptors (Lipinski definition) is 3. The zero-order valence-corrected chi connectivity index (χ0v) is 12.8. The van der Waals surface area contributed by atoms with Crippen molar-refractivity contribution < 1.29 is 9.90 Å². The average Bonchev–Trinajstić information content (AvgIpc) is 2.97. The lowest BCUT2D eigenvalue weighted by molar-refractivity contribution is 0.0914. The lowest BCUT2D eigenvalue weighted by Gasteiger charge is -2.27. The monoisotopic (exact) mass is 291 g/mol. The van der Waals surface area contributed by atoms with Gasteiger partial charge in [0.1, 0.15) is 4.88 Å². The fraction of sp³-hybridized carbons (Fsp3) is 0.562. The minimum Gasteiger partial charge on any atom is -0.395 e. The van der Waals surface area contributed by atoms with Gasteiger partial charge in [-0.25, -0.2) is 0 Å². The zero-order chi connectivity index (χ0) is 14.6. The van der Waals surface area contributed by atoms with E-state index in [9.17, 15) is 4.79 Å². The standard InChI is InChI=1S/C16H21NO2S/c1-16(2)9-5-7-13(16)17-15(19)14-12(8-11-20-14)6-3-4-10-18/h8,11,13,18H,4-5,7,9-10H2,1-2H3,(H,17,19). The first kappa shape index (κ1) is 15.1. The number of carbonyl (C=O) groups is 1. The van der Waals surface area contributed by atoms with Gasteiger partial charge in [0, 0.05) is 18.0 Å². The number of amides is 1. The largest absolute Gasteiger partial charge is 0.395 e. The quantitative estimate of drug-likeness (QED) is 0.841. The Bertz CT molecular complexity index is 536.